The van der Waals surface area contributed by atoms with E-state index in [1.165, 1.54) is 10.8 Å². The Bertz CT molecular complexity index is 796. The maximum Gasteiger partial charge on any atom is 0.330 e. The van der Waals surface area contributed by atoms with Crippen LogP contribution < -0.4 is 11.2 Å². The molecule has 2 heterocycles. The number of halogens is 1. The van der Waals surface area contributed by atoms with Gasteiger partial charge in [-0.1, -0.05) is 49.8 Å². The third-order valence-electron chi connectivity index (χ3n) is 5.78. The first-order chi connectivity index (χ1) is 11.8. The molecule has 1 saturated heterocycles. The van der Waals surface area contributed by atoms with Crippen LogP contribution in [0.4, 0.5) is 0 Å². The first-order valence-corrected chi connectivity index (χ1v) is 12.7. The van der Waals surface area contributed by atoms with Crippen LogP contribution >= 0.6 is 15.9 Å². The van der Waals surface area contributed by atoms with Crippen LogP contribution in [0, 0.1) is 12.3 Å². The number of hydrogen-bond donors (Lipinski definition) is 3. The molecule has 7 nitrogen and oxygen atoms in total. The average molecular weight is 449 g/mol. The Labute approximate surface area is 163 Å². The van der Waals surface area contributed by atoms with Gasteiger partial charge in [-0.15, -0.1) is 0 Å². The molecule has 3 atom stereocenters. The molecule has 0 spiro atoms. The number of H-pyrrole nitrogens is 1. The summed E-state index contributed by atoms with van der Waals surface area (Å²) in [6.45, 7) is 11.0. The third-order valence-corrected chi connectivity index (χ3v) is 9.09. The maximum atomic E-state index is 12.6. The van der Waals surface area contributed by atoms with E-state index in [4.69, 9.17) is 4.74 Å². The van der Waals surface area contributed by atoms with Crippen molar-refractivity contribution in [1.29, 1.82) is 0 Å². The number of aryl methyl sites for hydroxylation is 1. The van der Waals surface area contributed by atoms with E-state index in [1.54, 1.807) is 6.92 Å². The number of aliphatic hydroxyl groups is 2. The predicted molar refractivity (Wildman–Crippen MR) is 107 cm³/mol. The number of nitrogens with one attached hydrogen (secondary N) is 1. The van der Waals surface area contributed by atoms with Crippen molar-refractivity contribution in [3.8, 4) is 0 Å². The van der Waals surface area contributed by atoms with Crippen LogP contribution in [-0.4, -0.2) is 51.7 Å². The lowest BCUT2D eigenvalue weighted by Gasteiger charge is -2.46. The van der Waals surface area contributed by atoms with Gasteiger partial charge >= 0.3 is 5.69 Å². The molecule has 1 aliphatic rings. The number of aromatic nitrogens is 2. The highest BCUT2D eigenvalue weighted by atomic mass is 79.9. The molecule has 3 N–H and O–H groups in total. The fraction of sp³-hybridized carbons (Fsp3) is 0.765. The van der Waals surface area contributed by atoms with Crippen LogP contribution in [-0.2, 0) is 10.1 Å². The summed E-state index contributed by atoms with van der Waals surface area (Å²) >= 11 is 3.40. The normalized spacial score (nSPS) is 32.4. The van der Waals surface area contributed by atoms with Crippen molar-refractivity contribution in [1.82, 2.24) is 9.55 Å². The highest BCUT2D eigenvalue weighted by molar-refractivity contribution is 9.09. The van der Waals surface area contributed by atoms with Gasteiger partial charge in [-0.3, -0.25) is 14.3 Å². The highest BCUT2D eigenvalue weighted by Gasteiger charge is 2.69. The van der Waals surface area contributed by atoms with E-state index in [0.29, 0.717) is 5.56 Å². The van der Waals surface area contributed by atoms with Crippen molar-refractivity contribution in [3.05, 3.63) is 32.6 Å². The molecule has 1 fully saturated rings. The number of ether oxygens (including phenoxy) is 1. The number of aromatic amines is 1. The molecular formula is C17H29BrN2O5Si. The number of aliphatic hydroxyl groups excluding tert-OH is 1. The molecule has 26 heavy (non-hydrogen) atoms. The quantitative estimate of drug-likeness (QED) is 0.467. The molecule has 0 amide bonds. The van der Waals surface area contributed by atoms with Gasteiger partial charge in [0.1, 0.15) is 16.6 Å². The number of rotatable bonds is 4. The third kappa shape index (κ3) is 2.88. The molecule has 148 valence electrons. The van der Waals surface area contributed by atoms with E-state index in [9.17, 15) is 19.8 Å². The minimum atomic E-state index is -1.79. The van der Waals surface area contributed by atoms with Gasteiger partial charge in [0.25, 0.3) is 5.56 Å². The molecule has 0 bridgehead atoms. The highest BCUT2D eigenvalue weighted by Crippen LogP contribution is 2.56. The fourth-order valence-corrected chi connectivity index (χ4v) is 6.53. The topological polar surface area (TPSA) is 105 Å². The largest absolute Gasteiger partial charge is 0.393 e. The molecule has 1 aliphatic heterocycles. The molecule has 0 saturated carbocycles. The minimum absolute atomic E-state index is 0.158. The van der Waals surface area contributed by atoms with Crippen LogP contribution in [0.15, 0.2) is 15.8 Å². The van der Waals surface area contributed by atoms with Gasteiger partial charge in [0.05, 0.1) is 15.4 Å². The Morgan fingerprint density at radius 1 is 1.38 bits per heavy atom. The van der Waals surface area contributed by atoms with Crippen molar-refractivity contribution < 1.29 is 14.9 Å². The first-order valence-electron chi connectivity index (χ1n) is 8.73. The number of nitrogens with zero attached hydrogens (tertiary/aromatic N) is 1. The Morgan fingerprint density at radius 3 is 2.35 bits per heavy atom. The fourth-order valence-electron chi connectivity index (χ4n) is 3.86. The molecule has 0 aromatic carbocycles. The second kappa shape index (κ2) is 6.70. The molecule has 0 aliphatic carbocycles. The molecule has 1 aromatic heterocycles. The van der Waals surface area contributed by atoms with Crippen molar-refractivity contribution in [2.45, 2.75) is 63.8 Å². The summed E-state index contributed by atoms with van der Waals surface area (Å²) < 4.78 is 7.87. The summed E-state index contributed by atoms with van der Waals surface area (Å²) in [5.41, 5.74) is -3.89. The molecule has 0 radical (unpaired) electrons. The van der Waals surface area contributed by atoms with Gasteiger partial charge in [-0.2, -0.15) is 0 Å². The van der Waals surface area contributed by atoms with Gasteiger partial charge in [0.15, 0.2) is 0 Å². The standard InChI is InChI=1S/C17H29BrN2O5Si/c1-11-7-20(13(23)19-12(11)22)17(26(5)6)8-16(24,14(2,3)4)15(9-18,10-21)25-17/h7,21,24,26H,8-10H2,1-6H3,(H,19,22,23)/t15-,16-,17+/m1/s1. The van der Waals surface area contributed by atoms with Crippen LogP contribution in [0.25, 0.3) is 0 Å². The summed E-state index contributed by atoms with van der Waals surface area (Å²) in [4.78, 5) is 26.8. The maximum absolute atomic E-state index is 12.6. The zero-order valence-corrected chi connectivity index (χ0v) is 19.0. The SMILES string of the molecule is Cc1cn([C@@]2([SiH](C)C)C[C@@](O)(C(C)(C)C)[C@](CO)(CBr)O2)c(=O)[nH]c1=O. The van der Waals surface area contributed by atoms with Crippen LogP contribution in [0.2, 0.25) is 13.1 Å². The van der Waals surface area contributed by atoms with Gasteiger partial charge in [-0.25, -0.2) is 4.79 Å². The smallest absolute Gasteiger partial charge is 0.330 e. The van der Waals surface area contributed by atoms with E-state index in [1.807, 2.05) is 33.9 Å². The van der Waals surface area contributed by atoms with Gasteiger partial charge in [0, 0.05) is 23.5 Å². The van der Waals surface area contributed by atoms with E-state index in [-0.39, 0.29) is 11.8 Å². The van der Waals surface area contributed by atoms with E-state index >= 15 is 0 Å². The van der Waals surface area contributed by atoms with Crippen LogP contribution in [0.5, 0.6) is 0 Å². The summed E-state index contributed by atoms with van der Waals surface area (Å²) in [7, 11) is -1.79. The van der Waals surface area contributed by atoms with E-state index < -0.39 is 48.6 Å². The Kier molecular flexibility index (Phi) is 5.55. The van der Waals surface area contributed by atoms with Crippen molar-refractivity contribution in [3.63, 3.8) is 0 Å². The van der Waals surface area contributed by atoms with Crippen LogP contribution in [0.3, 0.4) is 0 Å². The summed E-state index contributed by atoms with van der Waals surface area (Å²) in [5.74, 6) is 0. The molecule has 0 unspecified atom stereocenters. The van der Waals surface area contributed by atoms with Crippen molar-refractivity contribution >= 4 is 24.7 Å². The Hall–Kier alpha value is -0.743. The summed E-state index contributed by atoms with van der Waals surface area (Å²) in [6, 6.07) is 0. The Morgan fingerprint density at radius 2 is 1.96 bits per heavy atom. The first kappa shape index (κ1) is 21.6. The molecule has 1 aromatic rings. The summed E-state index contributed by atoms with van der Waals surface area (Å²) in [6.07, 6.45) is 1.66. The second-order valence-electron chi connectivity index (χ2n) is 8.62. The van der Waals surface area contributed by atoms with Gasteiger partial charge in [-0.05, 0) is 12.3 Å². The Balaban J connectivity index is 2.82. The lowest BCUT2D eigenvalue weighted by Crippen LogP contribution is -2.61. The average Bonchev–Trinajstić information content (AvgIpc) is 2.82. The lowest BCUT2D eigenvalue weighted by molar-refractivity contribution is -0.193. The predicted octanol–water partition coefficient (Wildman–Crippen LogP) is 0.847. The van der Waals surface area contributed by atoms with E-state index in [2.05, 4.69) is 20.9 Å². The van der Waals surface area contributed by atoms with Crippen LogP contribution in [0.1, 0.15) is 32.8 Å². The molecular weight excluding hydrogens is 420 g/mol. The molecule has 9 heteroatoms. The zero-order valence-electron chi connectivity index (χ0n) is 16.2. The monoisotopic (exact) mass is 448 g/mol. The van der Waals surface area contributed by atoms with Gasteiger partial charge in [0.2, 0.25) is 0 Å². The summed E-state index contributed by atoms with van der Waals surface area (Å²) in [5, 5.41) is 21.1. The van der Waals surface area contributed by atoms with Crippen molar-refractivity contribution in [2.75, 3.05) is 11.9 Å². The second-order valence-corrected chi connectivity index (χ2v) is 12.4. The number of hydrogen-bond acceptors (Lipinski definition) is 5. The number of alkyl halides is 1. The van der Waals surface area contributed by atoms with Crippen molar-refractivity contribution in [2.24, 2.45) is 5.41 Å². The lowest BCUT2D eigenvalue weighted by atomic mass is 9.66. The molecule has 2 rings (SSSR count). The minimum Gasteiger partial charge on any atom is -0.393 e. The van der Waals surface area contributed by atoms with E-state index in [0.717, 1.165) is 0 Å². The van der Waals surface area contributed by atoms with Gasteiger partial charge < -0.3 is 14.9 Å². The zero-order chi connectivity index (χ0) is 20.1.